The first-order chi connectivity index (χ1) is 8.75. The molecule has 1 aliphatic rings. The molecule has 1 aliphatic heterocycles. The second kappa shape index (κ2) is 4.29. The molecule has 0 spiro atoms. The summed E-state index contributed by atoms with van der Waals surface area (Å²) in [7, 11) is 0. The molecule has 3 rings (SSSR count). The van der Waals surface area contributed by atoms with Gasteiger partial charge in [-0.3, -0.25) is 10.1 Å². The van der Waals surface area contributed by atoms with Gasteiger partial charge in [0.25, 0.3) is 11.7 Å². The van der Waals surface area contributed by atoms with Gasteiger partial charge >= 0.3 is 0 Å². The predicted octanol–water partition coefficient (Wildman–Crippen LogP) is 2.73. The fourth-order valence-electron chi connectivity index (χ4n) is 2.29. The molecule has 0 amide bonds. The Labute approximate surface area is 103 Å². The Hall–Kier alpha value is -2.11. The molecule has 6 nitrogen and oxygen atoms in total. The predicted molar refractivity (Wildman–Crippen MR) is 66.7 cm³/mol. The van der Waals surface area contributed by atoms with Crippen molar-refractivity contribution in [2.75, 3.05) is 18.0 Å². The first-order valence-electron chi connectivity index (χ1n) is 6.04. The van der Waals surface area contributed by atoms with Crippen LogP contribution in [0, 0.1) is 10.1 Å². The molecule has 0 saturated carbocycles. The molecule has 1 aromatic carbocycles. The van der Waals surface area contributed by atoms with Crippen LogP contribution in [0.25, 0.3) is 11.1 Å². The fourth-order valence-corrected chi connectivity index (χ4v) is 2.29. The minimum Gasteiger partial charge on any atom is -0.423 e. The summed E-state index contributed by atoms with van der Waals surface area (Å²) in [5.41, 5.74) is 0.812. The second-order valence-corrected chi connectivity index (χ2v) is 4.43. The van der Waals surface area contributed by atoms with Crippen molar-refractivity contribution in [2.45, 2.75) is 19.3 Å². The summed E-state index contributed by atoms with van der Waals surface area (Å²) in [6.07, 6.45) is 3.44. The number of para-hydroxylation sites is 1. The summed E-state index contributed by atoms with van der Waals surface area (Å²) in [5, 5.41) is 10.9. The van der Waals surface area contributed by atoms with E-state index in [1.807, 2.05) is 4.90 Å². The molecule has 1 saturated heterocycles. The molecule has 0 radical (unpaired) electrons. The van der Waals surface area contributed by atoms with E-state index < -0.39 is 4.92 Å². The topological polar surface area (TPSA) is 72.4 Å². The van der Waals surface area contributed by atoms with Gasteiger partial charge in [0, 0.05) is 19.2 Å². The van der Waals surface area contributed by atoms with Gasteiger partial charge in [-0.05, 0) is 25.3 Å². The normalized spacial score (nSPS) is 16.1. The number of nitro groups is 1. The minimum atomic E-state index is -0.426. The zero-order chi connectivity index (χ0) is 12.5. The zero-order valence-corrected chi connectivity index (χ0v) is 9.83. The van der Waals surface area contributed by atoms with Crippen LogP contribution in [0.4, 0.5) is 11.7 Å². The van der Waals surface area contributed by atoms with Crippen molar-refractivity contribution in [3.05, 3.63) is 28.3 Å². The molecule has 18 heavy (non-hydrogen) atoms. The summed E-state index contributed by atoms with van der Waals surface area (Å²) in [5.74, 6) is 0. The van der Waals surface area contributed by atoms with Gasteiger partial charge in [0.1, 0.15) is 0 Å². The first-order valence-corrected chi connectivity index (χ1v) is 6.04. The van der Waals surface area contributed by atoms with E-state index in [9.17, 15) is 10.1 Å². The maximum atomic E-state index is 10.9. The van der Waals surface area contributed by atoms with E-state index in [-0.39, 0.29) is 5.69 Å². The highest BCUT2D eigenvalue weighted by Crippen LogP contribution is 2.29. The number of hydrogen-bond donors (Lipinski definition) is 0. The van der Waals surface area contributed by atoms with E-state index in [2.05, 4.69) is 4.98 Å². The average Bonchev–Trinajstić information content (AvgIpc) is 2.83. The zero-order valence-electron chi connectivity index (χ0n) is 9.83. The number of fused-ring (bicyclic) bond motifs is 1. The molecule has 0 aliphatic carbocycles. The molecule has 2 heterocycles. The van der Waals surface area contributed by atoms with Crippen molar-refractivity contribution in [3.8, 4) is 0 Å². The third kappa shape index (κ3) is 1.79. The van der Waals surface area contributed by atoms with Gasteiger partial charge in [-0.25, -0.2) is 0 Å². The Bertz CT molecular complexity index is 587. The number of benzene rings is 1. The number of aromatic nitrogens is 1. The molecule has 2 aromatic rings. The highest BCUT2D eigenvalue weighted by Gasteiger charge is 2.21. The molecule has 6 heteroatoms. The van der Waals surface area contributed by atoms with Crippen LogP contribution in [0.5, 0.6) is 0 Å². The van der Waals surface area contributed by atoms with Crippen LogP contribution < -0.4 is 4.90 Å². The lowest BCUT2D eigenvalue weighted by Crippen LogP contribution is -2.29. The van der Waals surface area contributed by atoms with Crippen molar-refractivity contribution in [3.63, 3.8) is 0 Å². The van der Waals surface area contributed by atoms with E-state index in [1.54, 1.807) is 12.1 Å². The Morgan fingerprint density at radius 2 is 2.06 bits per heavy atom. The lowest BCUT2D eigenvalue weighted by atomic mass is 10.1. The first kappa shape index (κ1) is 11.0. The molecular formula is C12H13N3O3. The lowest BCUT2D eigenvalue weighted by molar-refractivity contribution is -0.383. The number of nitro benzene ring substituents is 1. The van der Waals surface area contributed by atoms with E-state index in [1.165, 1.54) is 12.5 Å². The van der Waals surface area contributed by atoms with E-state index in [4.69, 9.17) is 4.42 Å². The number of hydrogen-bond acceptors (Lipinski definition) is 5. The van der Waals surface area contributed by atoms with E-state index >= 15 is 0 Å². The van der Waals surface area contributed by atoms with Crippen molar-refractivity contribution in [1.29, 1.82) is 0 Å². The van der Waals surface area contributed by atoms with Gasteiger partial charge in [0.05, 0.1) is 4.92 Å². The van der Waals surface area contributed by atoms with Gasteiger partial charge in [-0.15, -0.1) is 0 Å². The lowest BCUT2D eigenvalue weighted by Gasteiger charge is -2.24. The Morgan fingerprint density at radius 1 is 1.28 bits per heavy atom. The number of rotatable bonds is 2. The van der Waals surface area contributed by atoms with Crippen LogP contribution in [-0.2, 0) is 0 Å². The summed E-state index contributed by atoms with van der Waals surface area (Å²) < 4.78 is 5.61. The van der Waals surface area contributed by atoms with Crippen molar-refractivity contribution in [1.82, 2.24) is 4.98 Å². The summed E-state index contributed by atoms with van der Waals surface area (Å²) in [4.78, 5) is 16.8. The third-order valence-electron chi connectivity index (χ3n) is 3.21. The Balaban J connectivity index is 2.04. The molecule has 94 valence electrons. The van der Waals surface area contributed by atoms with Crippen molar-refractivity contribution in [2.24, 2.45) is 0 Å². The molecule has 0 atom stereocenters. The maximum absolute atomic E-state index is 10.9. The number of nitrogens with zero attached hydrogens (tertiary/aromatic N) is 3. The van der Waals surface area contributed by atoms with Crippen LogP contribution in [0.1, 0.15) is 19.3 Å². The largest absolute Gasteiger partial charge is 0.423 e. The van der Waals surface area contributed by atoms with Gasteiger partial charge in [0.15, 0.2) is 11.1 Å². The smallest absolute Gasteiger partial charge is 0.298 e. The third-order valence-corrected chi connectivity index (χ3v) is 3.21. The number of oxazole rings is 1. The highest BCUT2D eigenvalue weighted by molar-refractivity contribution is 5.84. The quantitative estimate of drug-likeness (QED) is 0.602. The SMILES string of the molecule is O=[N+]([O-])c1cccc2oc(N3CCCCC3)nc12. The van der Waals surface area contributed by atoms with Crippen LogP contribution in [0.2, 0.25) is 0 Å². The second-order valence-electron chi connectivity index (χ2n) is 4.43. The van der Waals surface area contributed by atoms with Crippen molar-refractivity contribution < 1.29 is 9.34 Å². The molecule has 0 N–H and O–H groups in total. The number of anilines is 1. The Kier molecular flexibility index (Phi) is 2.62. The van der Waals surface area contributed by atoms with Crippen LogP contribution >= 0.6 is 0 Å². The summed E-state index contributed by atoms with van der Waals surface area (Å²) >= 11 is 0. The van der Waals surface area contributed by atoms with Crippen LogP contribution in [0.3, 0.4) is 0 Å². The van der Waals surface area contributed by atoms with Crippen molar-refractivity contribution >= 4 is 22.8 Å². The molecule has 1 aromatic heterocycles. The van der Waals surface area contributed by atoms with Gasteiger partial charge in [-0.1, -0.05) is 6.07 Å². The molecular weight excluding hydrogens is 234 g/mol. The van der Waals surface area contributed by atoms with E-state index in [0.717, 1.165) is 25.9 Å². The van der Waals surface area contributed by atoms with E-state index in [0.29, 0.717) is 17.1 Å². The summed E-state index contributed by atoms with van der Waals surface area (Å²) in [6.45, 7) is 1.81. The highest BCUT2D eigenvalue weighted by atomic mass is 16.6. The van der Waals surface area contributed by atoms with Crippen LogP contribution in [0.15, 0.2) is 22.6 Å². The molecule has 0 bridgehead atoms. The van der Waals surface area contributed by atoms with Gasteiger partial charge in [-0.2, -0.15) is 4.98 Å². The fraction of sp³-hybridized carbons (Fsp3) is 0.417. The number of piperidine rings is 1. The molecule has 1 fully saturated rings. The monoisotopic (exact) mass is 247 g/mol. The summed E-state index contributed by atoms with van der Waals surface area (Å²) in [6, 6.07) is 5.28. The Morgan fingerprint density at radius 3 is 2.78 bits per heavy atom. The average molecular weight is 247 g/mol. The standard InChI is InChI=1S/C12H13N3O3/c16-15(17)9-5-4-6-10-11(9)13-12(18-10)14-7-2-1-3-8-14/h4-6H,1-3,7-8H2. The molecule has 0 unspecified atom stereocenters. The number of non-ortho nitro benzene ring substituents is 1. The maximum Gasteiger partial charge on any atom is 0.298 e. The van der Waals surface area contributed by atoms with Crippen LogP contribution in [-0.4, -0.2) is 23.0 Å². The van der Waals surface area contributed by atoms with Gasteiger partial charge < -0.3 is 9.32 Å². The minimum absolute atomic E-state index is 0.000454. The van der Waals surface area contributed by atoms with Gasteiger partial charge in [0.2, 0.25) is 0 Å².